The maximum Gasteiger partial charge on any atom is 0.328 e. The second kappa shape index (κ2) is 8.77. The number of rotatable bonds is 5. The molecule has 0 unspecified atom stereocenters. The minimum atomic E-state index is -0.820. The summed E-state index contributed by atoms with van der Waals surface area (Å²) < 4.78 is 16.0. The van der Waals surface area contributed by atoms with Crippen LogP contribution in [0.25, 0.3) is 0 Å². The number of hydrogen-bond acceptors (Lipinski definition) is 5. The van der Waals surface area contributed by atoms with E-state index < -0.39 is 17.9 Å². The zero-order valence-electron chi connectivity index (χ0n) is 14.9. The summed E-state index contributed by atoms with van der Waals surface area (Å²) in [5, 5.41) is 3.00. The molecule has 0 aliphatic carbocycles. The van der Waals surface area contributed by atoms with Gasteiger partial charge in [0, 0.05) is 18.4 Å². The lowest BCUT2D eigenvalue weighted by Gasteiger charge is -2.17. The SMILES string of the molecule is COC(=O)[C@H](Cc1ccccc1)NC(=O)c1cc(Cl)c2c(c1)OCCCO2. The van der Waals surface area contributed by atoms with Crippen LogP contribution in [-0.2, 0) is 16.0 Å². The fraction of sp³-hybridized carbons (Fsp3) is 0.300. The number of benzene rings is 2. The largest absolute Gasteiger partial charge is 0.489 e. The summed E-state index contributed by atoms with van der Waals surface area (Å²) in [6.07, 6.45) is 1.05. The lowest BCUT2D eigenvalue weighted by Crippen LogP contribution is -2.43. The van der Waals surface area contributed by atoms with Crippen LogP contribution in [0.4, 0.5) is 0 Å². The van der Waals surface area contributed by atoms with Crippen molar-refractivity contribution in [2.45, 2.75) is 18.9 Å². The molecule has 1 amide bonds. The number of halogens is 1. The summed E-state index contributed by atoms with van der Waals surface area (Å²) in [7, 11) is 1.29. The number of nitrogens with one attached hydrogen (secondary N) is 1. The van der Waals surface area contributed by atoms with Gasteiger partial charge in [-0.15, -0.1) is 0 Å². The van der Waals surface area contributed by atoms with Gasteiger partial charge in [0.1, 0.15) is 6.04 Å². The van der Waals surface area contributed by atoms with Crippen molar-refractivity contribution in [3.63, 3.8) is 0 Å². The highest BCUT2D eigenvalue weighted by Gasteiger charge is 2.24. The molecular weight excluding hydrogens is 370 g/mol. The minimum absolute atomic E-state index is 0.284. The first-order valence-electron chi connectivity index (χ1n) is 8.60. The Balaban J connectivity index is 1.80. The minimum Gasteiger partial charge on any atom is -0.489 e. The van der Waals surface area contributed by atoms with Crippen LogP contribution in [0.15, 0.2) is 42.5 Å². The molecule has 27 heavy (non-hydrogen) atoms. The van der Waals surface area contributed by atoms with E-state index in [0.29, 0.717) is 31.1 Å². The van der Waals surface area contributed by atoms with Gasteiger partial charge in [-0.1, -0.05) is 41.9 Å². The van der Waals surface area contributed by atoms with Gasteiger partial charge >= 0.3 is 5.97 Å². The Bertz CT molecular complexity index is 825. The predicted molar refractivity (Wildman–Crippen MR) is 100 cm³/mol. The summed E-state index contributed by atoms with van der Waals surface area (Å²) in [5.41, 5.74) is 1.19. The monoisotopic (exact) mass is 389 g/mol. The van der Waals surface area contributed by atoms with E-state index in [1.54, 1.807) is 6.07 Å². The highest BCUT2D eigenvalue weighted by molar-refractivity contribution is 6.32. The molecule has 1 atom stereocenters. The van der Waals surface area contributed by atoms with E-state index in [1.807, 2.05) is 30.3 Å². The van der Waals surface area contributed by atoms with Gasteiger partial charge in [-0.05, 0) is 17.7 Å². The Morgan fingerprint density at radius 2 is 1.93 bits per heavy atom. The van der Waals surface area contributed by atoms with Crippen molar-refractivity contribution in [1.82, 2.24) is 5.32 Å². The van der Waals surface area contributed by atoms with Crippen LogP contribution in [0.3, 0.4) is 0 Å². The van der Waals surface area contributed by atoms with Gasteiger partial charge in [0.15, 0.2) is 11.5 Å². The van der Waals surface area contributed by atoms with Gasteiger partial charge in [0.2, 0.25) is 0 Å². The molecule has 1 aliphatic rings. The van der Waals surface area contributed by atoms with Crippen molar-refractivity contribution in [2.75, 3.05) is 20.3 Å². The molecule has 0 spiro atoms. The van der Waals surface area contributed by atoms with Crippen LogP contribution in [-0.4, -0.2) is 38.2 Å². The average molecular weight is 390 g/mol. The van der Waals surface area contributed by atoms with E-state index in [9.17, 15) is 9.59 Å². The smallest absolute Gasteiger partial charge is 0.328 e. The number of amides is 1. The Morgan fingerprint density at radius 3 is 2.67 bits per heavy atom. The molecule has 2 aromatic rings. The van der Waals surface area contributed by atoms with Crippen molar-refractivity contribution in [3.8, 4) is 11.5 Å². The number of methoxy groups -OCH3 is 1. The number of hydrogen-bond donors (Lipinski definition) is 1. The molecule has 1 heterocycles. The summed E-state index contributed by atoms with van der Waals surface area (Å²) in [5.74, 6) is -0.117. The molecule has 0 bridgehead atoms. The van der Waals surface area contributed by atoms with E-state index >= 15 is 0 Å². The van der Waals surface area contributed by atoms with E-state index in [4.69, 9.17) is 25.8 Å². The number of fused-ring (bicyclic) bond motifs is 1. The number of carbonyl (C=O) groups excluding carboxylic acids is 2. The quantitative estimate of drug-likeness (QED) is 0.796. The molecule has 7 heteroatoms. The van der Waals surface area contributed by atoms with Gasteiger partial charge in [-0.3, -0.25) is 4.79 Å². The van der Waals surface area contributed by atoms with Crippen LogP contribution in [0.2, 0.25) is 5.02 Å². The lowest BCUT2D eigenvalue weighted by atomic mass is 10.1. The lowest BCUT2D eigenvalue weighted by molar-refractivity contribution is -0.142. The second-order valence-corrected chi connectivity index (χ2v) is 6.48. The topological polar surface area (TPSA) is 73.9 Å². The molecule has 2 aromatic carbocycles. The fourth-order valence-corrected chi connectivity index (χ4v) is 3.05. The molecule has 0 saturated carbocycles. The third-order valence-corrected chi connectivity index (χ3v) is 4.42. The molecule has 6 nitrogen and oxygen atoms in total. The molecule has 3 rings (SSSR count). The standard InChI is InChI=1S/C20H20ClNO5/c1-25-20(24)16(10-13-6-3-2-4-7-13)22-19(23)14-11-15(21)18-17(12-14)26-8-5-9-27-18/h2-4,6-7,11-12,16H,5,8-10H2,1H3,(H,22,23)/t16-/m0/s1. The van der Waals surface area contributed by atoms with E-state index in [0.717, 1.165) is 12.0 Å². The third kappa shape index (κ3) is 4.71. The van der Waals surface area contributed by atoms with Crippen molar-refractivity contribution in [1.29, 1.82) is 0 Å². The van der Waals surface area contributed by atoms with Crippen molar-refractivity contribution >= 4 is 23.5 Å². The number of esters is 1. The predicted octanol–water partition coefficient (Wildman–Crippen LogP) is 3.02. The molecule has 0 saturated heterocycles. The highest BCUT2D eigenvalue weighted by atomic mass is 35.5. The maximum atomic E-state index is 12.7. The molecule has 0 fully saturated rings. The summed E-state index contributed by atoms with van der Waals surface area (Å²) >= 11 is 6.24. The van der Waals surface area contributed by atoms with Gasteiger partial charge in [0.05, 0.1) is 25.3 Å². The first-order chi connectivity index (χ1) is 13.1. The van der Waals surface area contributed by atoms with Gasteiger partial charge in [-0.2, -0.15) is 0 Å². The molecule has 0 radical (unpaired) electrons. The van der Waals surface area contributed by atoms with Crippen LogP contribution in [0.1, 0.15) is 22.3 Å². The van der Waals surface area contributed by atoms with Crippen molar-refractivity contribution in [3.05, 3.63) is 58.6 Å². The van der Waals surface area contributed by atoms with Crippen LogP contribution < -0.4 is 14.8 Å². The Hall–Kier alpha value is -2.73. The first kappa shape index (κ1) is 19.0. The van der Waals surface area contributed by atoms with E-state index in [-0.39, 0.29) is 10.6 Å². The first-order valence-corrected chi connectivity index (χ1v) is 8.98. The van der Waals surface area contributed by atoms with Crippen LogP contribution in [0, 0.1) is 0 Å². The molecule has 0 aromatic heterocycles. The summed E-state index contributed by atoms with van der Waals surface area (Å²) in [4.78, 5) is 24.8. The zero-order chi connectivity index (χ0) is 19.2. The number of carbonyl (C=O) groups is 2. The Morgan fingerprint density at radius 1 is 1.19 bits per heavy atom. The highest BCUT2D eigenvalue weighted by Crippen LogP contribution is 2.38. The van der Waals surface area contributed by atoms with E-state index in [1.165, 1.54) is 13.2 Å². The summed E-state index contributed by atoms with van der Waals surface area (Å²) in [6.45, 7) is 0.979. The zero-order valence-corrected chi connectivity index (χ0v) is 15.6. The maximum absolute atomic E-state index is 12.7. The van der Waals surface area contributed by atoms with Crippen molar-refractivity contribution < 1.29 is 23.8 Å². The number of ether oxygens (including phenoxy) is 3. The normalized spacial score (nSPS) is 14.0. The molecule has 1 aliphatic heterocycles. The Labute approximate surface area is 162 Å². The van der Waals surface area contributed by atoms with Gasteiger partial charge < -0.3 is 19.5 Å². The van der Waals surface area contributed by atoms with Gasteiger partial charge in [-0.25, -0.2) is 4.79 Å². The van der Waals surface area contributed by atoms with Crippen LogP contribution in [0.5, 0.6) is 11.5 Å². The van der Waals surface area contributed by atoms with Crippen molar-refractivity contribution in [2.24, 2.45) is 0 Å². The fourth-order valence-electron chi connectivity index (χ4n) is 2.79. The Kier molecular flexibility index (Phi) is 6.19. The van der Waals surface area contributed by atoms with E-state index in [2.05, 4.69) is 5.32 Å². The third-order valence-electron chi connectivity index (χ3n) is 4.14. The molecule has 1 N–H and O–H groups in total. The van der Waals surface area contributed by atoms with Crippen LogP contribution >= 0.6 is 11.6 Å². The molecular formula is C20H20ClNO5. The average Bonchev–Trinajstić information content (AvgIpc) is 2.93. The van der Waals surface area contributed by atoms with Gasteiger partial charge in [0.25, 0.3) is 5.91 Å². The second-order valence-electron chi connectivity index (χ2n) is 6.07. The molecule has 142 valence electrons. The summed E-state index contributed by atoms with van der Waals surface area (Å²) in [6, 6.07) is 11.6.